The fraction of sp³-hybridized carbons (Fsp3) is 0.182. The van der Waals surface area contributed by atoms with E-state index >= 15 is 0 Å². The number of furan rings is 1. The zero-order chi connectivity index (χ0) is 11.7. The molecule has 0 unspecified atom stereocenters. The smallest absolute Gasteiger partial charge is 0.354 e. The molecule has 0 saturated carbocycles. The standard InChI is InChI=1S/C11H10N2O3/c1-6-5-8(11(14)15)13-10(12-6)9-4-3-7(2)16-9/h3-5H,1-2H3,(H,14,15). The van der Waals surface area contributed by atoms with Crippen molar-refractivity contribution in [1.82, 2.24) is 9.97 Å². The fourth-order valence-corrected chi connectivity index (χ4v) is 1.34. The first-order valence-electron chi connectivity index (χ1n) is 4.72. The lowest BCUT2D eigenvalue weighted by Gasteiger charge is -2.00. The zero-order valence-electron chi connectivity index (χ0n) is 8.89. The van der Waals surface area contributed by atoms with Gasteiger partial charge < -0.3 is 9.52 Å². The molecule has 1 N–H and O–H groups in total. The molecule has 82 valence electrons. The lowest BCUT2D eigenvalue weighted by molar-refractivity contribution is 0.0690. The van der Waals surface area contributed by atoms with Gasteiger partial charge >= 0.3 is 5.97 Å². The van der Waals surface area contributed by atoms with E-state index in [4.69, 9.17) is 9.52 Å². The molecule has 0 bridgehead atoms. The first kappa shape index (κ1) is 10.4. The monoisotopic (exact) mass is 218 g/mol. The Morgan fingerprint density at radius 3 is 2.62 bits per heavy atom. The summed E-state index contributed by atoms with van der Waals surface area (Å²) in [5.41, 5.74) is 0.563. The molecule has 0 spiro atoms. The van der Waals surface area contributed by atoms with E-state index in [1.165, 1.54) is 6.07 Å². The molecular formula is C11H10N2O3. The Morgan fingerprint density at radius 2 is 2.06 bits per heavy atom. The van der Waals surface area contributed by atoms with Crippen LogP contribution < -0.4 is 0 Å². The molecule has 2 aromatic heterocycles. The van der Waals surface area contributed by atoms with Crippen LogP contribution in [0.2, 0.25) is 0 Å². The van der Waals surface area contributed by atoms with Gasteiger partial charge in [0.15, 0.2) is 17.3 Å². The molecule has 2 heterocycles. The summed E-state index contributed by atoms with van der Waals surface area (Å²) in [6.07, 6.45) is 0. The Bertz CT molecular complexity index is 546. The highest BCUT2D eigenvalue weighted by molar-refractivity contribution is 5.85. The minimum absolute atomic E-state index is 0.0310. The van der Waals surface area contributed by atoms with Gasteiger partial charge in [0.2, 0.25) is 0 Å². The highest BCUT2D eigenvalue weighted by Crippen LogP contribution is 2.18. The number of hydrogen-bond donors (Lipinski definition) is 1. The summed E-state index contributed by atoms with van der Waals surface area (Å²) in [6.45, 7) is 3.52. The maximum atomic E-state index is 10.8. The summed E-state index contributed by atoms with van der Waals surface area (Å²) in [5.74, 6) is 0.432. The van der Waals surface area contributed by atoms with E-state index in [9.17, 15) is 4.79 Å². The van der Waals surface area contributed by atoms with Crippen molar-refractivity contribution in [2.45, 2.75) is 13.8 Å². The molecular weight excluding hydrogens is 208 g/mol. The van der Waals surface area contributed by atoms with Gasteiger partial charge in [-0.1, -0.05) is 0 Å². The second-order valence-corrected chi connectivity index (χ2v) is 3.43. The van der Waals surface area contributed by atoms with Crippen molar-refractivity contribution in [3.05, 3.63) is 35.3 Å². The van der Waals surface area contributed by atoms with Crippen molar-refractivity contribution in [2.24, 2.45) is 0 Å². The molecule has 5 nitrogen and oxygen atoms in total. The van der Waals surface area contributed by atoms with Crippen LogP contribution in [0.1, 0.15) is 21.9 Å². The number of aromatic carboxylic acids is 1. The third-order valence-corrected chi connectivity index (χ3v) is 2.03. The van der Waals surface area contributed by atoms with Gasteiger partial charge in [-0.15, -0.1) is 0 Å². The van der Waals surface area contributed by atoms with Gasteiger partial charge in [-0.3, -0.25) is 0 Å². The summed E-state index contributed by atoms with van der Waals surface area (Å²) >= 11 is 0. The van der Waals surface area contributed by atoms with Crippen LogP contribution in [-0.2, 0) is 0 Å². The van der Waals surface area contributed by atoms with Gasteiger partial charge in [0.05, 0.1) is 0 Å². The van der Waals surface area contributed by atoms with Crippen LogP contribution in [0.25, 0.3) is 11.6 Å². The molecule has 5 heteroatoms. The average molecular weight is 218 g/mol. The molecule has 0 aliphatic carbocycles. The molecule has 0 aromatic carbocycles. The first-order chi connectivity index (χ1) is 7.56. The van der Waals surface area contributed by atoms with Gasteiger partial charge in [0, 0.05) is 5.69 Å². The van der Waals surface area contributed by atoms with Crippen molar-refractivity contribution in [2.75, 3.05) is 0 Å². The number of carboxylic acids is 1. The highest BCUT2D eigenvalue weighted by Gasteiger charge is 2.12. The van der Waals surface area contributed by atoms with Crippen LogP contribution in [0.4, 0.5) is 0 Å². The lowest BCUT2D eigenvalue weighted by atomic mass is 10.3. The fourth-order valence-electron chi connectivity index (χ4n) is 1.34. The van der Waals surface area contributed by atoms with E-state index in [1.54, 1.807) is 26.0 Å². The van der Waals surface area contributed by atoms with Crippen LogP contribution in [0.3, 0.4) is 0 Å². The van der Waals surface area contributed by atoms with Crippen molar-refractivity contribution in [3.63, 3.8) is 0 Å². The third-order valence-electron chi connectivity index (χ3n) is 2.03. The predicted octanol–water partition coefficient (Wildman–Crippen LogP) is 2.05. The molecule has 2 rings (SSSR count). The van der Waals surface area contributed by atoms with E-state index < -0.39 is 5.97 Å². The Kier molecular flexibility index (Phi) is 2.44. The van der Waals surface area contributed by atoms with Crippen LogP contribution in [0, 0.1) is 13.8 Å². The Morgan fingerprint density at radius 1 is 1.31 bits per heavy atom. The largest absolute Gasteiger partial charge is 0.477 e. The summed E-state index contributed by atoms with van der Waals surface area (Å²) in [6, 6.07) is 4.92. The zero-order valence-corrected chi connectivity index (χ0v) is 8.89. The van der Waals surface area contributed by atoms with Gasteiger partial charge in [-0.05, 0) is 32.0 Å². The number of hydrogen-bond acceptors (Lipinski definition) is 4. The maximum absolute atomic E-state index is 10.8. The summed E-state index contributed by atoms with van der Waals surface area (Å²) in [4.78, 5) is 18.9. The molecule has 0 radical (unpaired) electrons. The maximum Gasteiger partial charge on any atom is 0.354 e. The minimum atomic E-state index is -1.07. The highest BCUT2D eigenvalue weighted by atomic mass is 16.4. The van der Waals surface area contributed by atoms with Gasteiger partial charge in [-0.2, -0.15) is 0 Å². The summed E-state index contributed by atoms with van der Waals surface area (Å²) in [7, 11) is 0. The predicted molar refractivity (Wildman–Crippen MR) is 56.2 cm³/mol. The van der Waals surface area contributed by atoms with Gasteiger partial charge in [0.1, 0.15) is 5.76 Å². The lowest BCUT2D eigenvalue weighted by Crippen LogP contribution is -2.03. The molecule has 0 saturated heterocycles. The molecule has 0 atom stereocenters. The SMILES string of the molecule is Cc1cc(C(=O)O)nc(-c2ccc(C)o2)n1. The van der Waals surface area contributed by atoms with E-state index in [-0.39, 0.29) is 5.69 Å². The molecule has 16 heavy (non-hydrogen) atoms. The summed E-state index contributed by atoms with van der Waals surface area (Å²) < 4.78 is 5.34. The Balaban J connectivity index is 2.53. The van der Waals surface area contributed by atoms with Crippen molar-refractivity contribution < 1.29 is 14.3 Å². The third kappa shape index (κ3) is 1.93. The Labute approximate surface area is 91.8 Å². The molecule has 2 aromatic rings. The van der Waals surface area contributed by atoms with Gasteiger partial charge in [-0.25, -0.2) is 14.8 Å². The second-order valence-electron chi connectivity index (χ2n) is 3.43. The topological polar surface area (TPSA) is 76.2 Å². The first-order valence-corrected chi connectivity index (χ1v) is 4.72. The molecule has 0 fully saturated rings. The normalized spacial score (nSPS) is 10.4. The van der Waals surface area contributed by atoms with Crippen LogP contribution >= 0.6 is 0 Å². The van der Waals surface area contributed by atoms with E-state index in [1.807, 2.05) is 0 Å². The van der Waals surface area contributed by atoms with Gasteiger partial charge in [0.25, 0.3) is 0 Å². The van der Waals surface area contributed by atoms with E-state index in [2.05, 4.69) is 9.97 Å². The van der Waals surface area contributed by atoms with Crippen molar-refractivity contribution >= 4 is 5.97 Å². The van der Waals surface area contributed by atoms with Crippen LogP contribution in [-0.4, -0.2) is 21.0 Å². The quantitative estimate of drug-likeness (QED) is 0.834. The van der Waals surface area contributed by atoms with E-state index in [0.29, 0.717) is 17.3 Å². The number of carboxylic acid groups (broad SMARTS) is 1. The second kappa shape index (κ2) is 3.77. The number of aromatic nitrogens is 2. The number of nitrogens with zero attached hydrogens (tertiary/aromatic N) is 2. The van der Waals surface area contributed by atoms with Crippen LogP contribution in [0.5, 0.6) is 0 Å². The van der Waals surface area contributed by atoms with Crippen LogP contribution in [0.15, 0.2) is 22.6 Å². The minimum Gasteiger partial charge on any atom is -0.477 e. The molecule has 0 aliphatic rings. The molecule has 0 amide bonds. The van der Waals surface area contributed by atoms with E-state index in [0.717, 1.165) is 5.76 Å². The number of rotatable bonds is 2. The number of aryl methyl sites for hydroxylation is 2. The number of carbonyl (C=O) groups is 1. The Hall–Kier alpha value is -2.17. The van der Waals surface area contributed by atoms with Crippen molar-refractivity contribution in [1.29, 1.82) is 0 Å². The average Bonchev–Trinajstić information content (AvgIpc) is 2.64. The molecule has 0 aliphatic heterocycles. The summed E-state index contributed by atoms with van der Waals surface area (Å²) in [5, 5.41) is 8.86. The van der Waals surface area contributed by atoms with Crippen molar-refractivity contribution in [3.8, 4) is 11.6 Å².